The van der Waals surface area contributed by atoms with Gasteiger partial charge >= 0.3 is 0 Å². The minimum Gasteiger partial charge on any atom is -0.399 e. The summed E-state index contributed by atoms with van der Waals surface area (Å²) in [6, 6.07) is 34.6. The van der Waals surface area contributed by atoms with Crippen LogP contribution < -0.4 is 21.1 Å². The van der Waals surface area contributed by atoms with E-state index >= 15 is 0 Å². The number of fused-ring (bicyclic) bond motifs is 6. The number of aromatic nitrogens is 4. The molecule has 0 amide bonds. The van der Waals surface area contributed by atoms with Crippen molar-refractivity contribution in [1.82, 2.24) is 29.7 Å². The minimum atomic E-state index is -4.08. The molecule has 2 heterocycles. The molecule has 0 radical (unpaired) electrons. The lowest BCUT2D eigenvalue weighted by Crippen LogP contribution is -2.17. The molecular weight excluding hydrogens is 891 g/mol. The van der Waals surface area contributed by atoms with Crippen molar-refractivity contribution in [2.45, 2.75) is 55.3 Å². The first-order valence-corrected chi connectivity index (χ1v) is 24.9. The molecule has 0 saturated heterocycles. The lowest BCUT2D eigenvalue weighted by atomic mass is 9.78. The van der Waals surface area contributed by atoms with Crippen molar-refractivity contribution in [3.05, 3.63) is 173 Å². The largest absolute Gasteiger partial charge is 0.399 e. The molecule has 0 bridgehead atoms. The van der Waals surface area contributed by atoms with Gasteiger partial charge in [0, 0.05) is 59.8 Å². The van der Waals surface area contributed by atoms with Crippen LogP contribution in [-0.4, -0.2) is 92.5 Å². The number of hydrogen-bond acceptors (Lipinski definition) is 11. The predicted octanol–water partition coefficient (Wildman–Crippen LogP) is 9.83. The van der Waals surface area contributed by atoms with Crippen LogP contribution >= 0.6 is 0 Å². The number of benzene rings is 5. The average molecular weight is 951 g/mol. The summed E-state index contributed by atoms with van der Waals surface area (Å²) in [5.74, 6) is -0.655. The summed E-state index contributed by atoms with van der Waals surface area (Å²) < 4.78 is 54.6. The first-order chi connectivity index (χ1) is 33.3. The number of nitrogens with two attached hydrogens (primary N) is 1. The number of rotatable bonds is 17. The summed E-state index contributed by atoms with van der Waals surface area (Å²) in [5, 5.41) is 6.74. The maximum absolute atomic E-state index is 13.6. The van der Waals surface area contributed by atoms with E-state index in [2.05, 4.69) is 112 Å². The molecule has 5 N–H and O–H groups in total. The third-order valence-corrected chi connectivity index (χ3v) is 13.9. The summed E-state index contributed by atoms with van der Waals surface area (Å²) in [5.41, 5.74) is 18.2. The zero-order chi connectivity index (χ0) is 48.5. The van der Waals surface area contributed by atoms with Gasteiger partial charge in [-0.2, -0.15) is 0 Å². The highest BCUT2D eigenvalue weighted by Crippen LogP contribution is 2.43. The molecule has 9 rings (SSSR count). The van der Waals surface area contributed by atoms with Gasteiger partial charge in [0.05, 0.1) is 16.3 Å². The van der Waals surface area contributed by atoms with Crippen LogP contribution in [0.5, 0.6) is 0 Å². The Balaban J connectivity index is 0.000000196. The van der Waals surface area contributed by atoms with Crippen LogP contribution in [0.1, 0.15) is 70.9 Å². The SMILES string of the molecule is CN(C)CCCCNc1ncc2c(n1)-c1ccccc1C(c1ccc(N)cc1)C2.CN(C)CCCCNc1ncc2c(n1)-c1ccccc1C(c1ccc(NS(=O)(=O)c3ccc(F)c(F)c3)cc1)C2. The summed E-state index contributed by atoms with van der Waals surface area (Å²) in [6.45, 7) is 3.85. The highest BCUT2D eigenvalue weighted by Gasteiger charge is 2.29. The van der Waals surface area contributed by atoms with Crippen molar-refractivity contribution in [1.29, 1.82) is 0 Å². The number of hydrogen-bond donors (Lipinski definition) is 4. The molecule has 0 aliphatic heterocycles. The molecule has 0 fully saturated rings. The molecule has 2 aliphatic rings. The lowest BCUT2D eigenvalue weighted by molar-refractivity contribution is 0.396. The molecule has 0 spiro atoms. The van der Waals surface area contributed by atoms with Gasteiger partial charge in [0.2, 0.25) is 11.9 Å². The number of nitrogen functional groups attached to an aromatic ring is 1. The van der Waals surface area contributed by atoms with E-state index in [0.717, 1.165) is 110 Å². The Hall–Kier alpha value is -6.81. The van der Waals surface area contributed by atoms with Crippen molar-refractivity contribution in [3.8, 4) is 22.5 Å². The second-order valence-corrected chi connectivity index (χ2v) is 19.8. The van der Waals surface area contributed by atoms with Gasteiger partial charge in [-0.3, -0.25) is 4.72 Å². The number of unbranched alkanes of at least 4 members (excludes halogenated alkanes) is 2. The Morgan fingerprint density at radius 1 is 0.609 bits per heavy atom. The van der Waals surface area contributed by atoms with E-state index in [1.807, 2.05) is 48.8 Å². The number of nitrogens with one attached hydrogen (secondary N) is 3. The topological polar surface area (TPSA) is 154 Å². The van der Waals surface area contributed by atoms with E-state index in [0.29, 0.717) is 36.0 Å². The normalized spacial score (nSPS) is 14.7. The van der Waals surface area contributed by atoms with Crippen LogP contribution in [0.25, 0.3) is 22.5 Å². The molecule has 15 heteroatoms. The third-order valence-electron chi connectivity index (χ3n) is 12.5. The molecule has 7 aromatic rings. The number of nitrogens with zero attached hydrogens (tertiary/aromatic N) is 6. The van der Waals surface area contributed by atoms with Gasteiger partial charge in [0.25, 0.3) is 10.0 Å². The molecule has 5 aromatic carbocycles. The van der Waals surface area contributed by atoms with Gasteiger partial charge in [-0.1, -0.05) is 72.8 Å². The smallest absolute Gasteiger partial charge is 0.261 e. The fourth-order valence-corrected chi connectivity index (χ4v) is 9.98. The van der Waals surface area contributed by atoms with Crippen molar-refractivity contribution >= 4 is 33.3 Å². The minimum absolute atomic E-state index is 0.0361. The Morgan fingerprint density at radius 2 is 1.09 bits per heavy atom. The summed E-state index contributed by atoms with van der Waals surface area (Å²) in [6.07, 6.45) is 9.88. The van der Waals surface area contributed by atoms with Gasteiger partial charge in [-0.25, -0.2) is 37.1 Å². The van der Waals surface area contributed by atoms with Crippen LogP contribution in [-0.2, 0) is 22.9 Å². The first kappa shape index (κ1) is 48.6. The Kier molecular flexibility index (Phi) is 15.6. The van der Waals surface area contributed by atoms with Crippen molar-refractivity contribution in [2.75, 3.05) is 75.5 Å². The molecular formula is C54H60F2N10O2S. The molecule has 69 heavy (non-hydrogen) atoms. The van der Waals surface area contributed by atoms with Crippen molar-refractivity contribution < 1.29 is 17.2 Å². The fourth-order valence-electron chi connectivity index (χ4n) is 8.91. The molecule has 2 unspecified atom stereocenters. The van der Waals surface area contributed by atoms with Crippen LogP contribution in [0.3, 0.4) is 0 Å². The van der Waals surface area contributed by atoms with Crippen molar-refractivity contribution in [2.24, 2.45) is 0 Å². The predicted molar refractivity (Wildman–Crippen MR) is 273 cm³/mol. The van der Waals surface area contributed by atoms with E-state index in [-0.39, 0.29) is 10.8 Å². The van der Waals surface area contributed by atoms with Gasteiger partial charge in [-0.15, -0.1) is 0 Å². The zero-order valence-corrected chi connectivity index (χ0v) is 40.4. The maximum atomic E-state index is 13.6. The molecule has 2 atom stereocenters. The number of halogens is 2. The monoisotopic (exact) mass is 950 g/mol. The van der Waals surface area contributed by atoms with Crippen molar-refractivity contribution in [3.63, 3.8) is 0 Å². The van der Waals surface area contributed by atoms with E-state index in [1.165, 1.54) is 22.3 Å². The summed E-state index contributed by atoms with van der Waals surface area (Å²) >= 11 is 0. The fraction of sp³-hybridized carbons (Fsp3) is 0.296. The molecule has 2 aliphatic carbocycles. The lowest BCUT2D eigenvalue weighted by Gasteiger charge is -2.27. The Bertz CT molecular complexity index is 2970. The Morgan fingerprint density at radius 3 is 1.57 bits per heavy atom. The summed E-state index contributed by atoms with van der Waals surface area (Å²) in [7, 11) is 4.27. The van der Waals surface area contributed by atoms with E-state index in [9.17, 15) is 17.2 Å². The second kappa shape index (κ2) is 22.1. The van der Waals surface area contributed by atoms with Crippen LogP contribution in [0.4, 0.5) is 32.1 Å². The van der Waals surface area contributed by atoms with Gasteiger partial charge in [0.15, 0.2) is 11.6 Å². The van der Waals surface area contributed by atoms with E-state index in [1.54, 1.807) is 12.1 Å². The van der Waals surface area contributed by atoms with Crippen LogP contribution in [0, 0.1) is 11.6 Å². The summed E-state index contributed by atoms with van der Waals surface area (Å²) in [4.78, 5) is 22.9. The highest BCUT2D eigenvalue weighted by molar-refractivity contribution is 7.92. The van der Waals surface area contributed by atoms with E-state index < -0.39 is 21.7 Å². The molecule has 12 nitrogen and oxygen atoms in total. The quantitative estimate of drug-likeness (QED) is 0.0510. The average Bonchev–Trinajstić information content (AvgIpc) is 3.34. The molecule has 0 saturated carbocycles. The second-order valence-electron chi connectivity index (χ2n) is 18.2. The van der Waals surface area contributed by atoms with Gasteiger partial charge < -0.3 is 26.2 Å². The third kappa shape index (κ3) is 12.1. The standard InChI is InChI=1S/C30H31F2N5O2S.C24H29N5/c1-37(2)16-6-5-15-33-30-34-19-21-17-26(24-7-3-4-8-25(24)29(21)35-30)20-9-11-22(12-10-20)36-40(38,39)23-13-14-27(31)28(32)18-23;1-29(2)14-6-5-13-26-24-27-16-18-15-22(17-9-11-19(25)12-10-17)20-7-3-4-8-21(20)23(18)28-24/h3-4,7-14,18-19,26,36H,5-6,15-17H2,1-2H3,(H,33,34,35);3-4,7-12,16,22H,5-6,13-15,25H2,1-2H3,(H,26,27,28). The Labute approximate surface area is 404 Å². The highest BCUT2D eigenvalue weighted by atomic mass is 32.2. The zero-order valence-electron chi connectivity index (χ0n) is 39.6. The van der Waals surface area contributed by atoms with Crippen LogP contribution in [0.15, 0.2) is 133 Å². The number of sulfonamides is 1. The number of anilines is 4. The maximum Gasteiger partial charge on any atom is 0.261 e. The van der Waals surface area contributed by atoms with Gasteiger partial charge in [-0.05, 0) is 156 Å². The van der Waals surface area contributed by atoms with Gasteiger partial charge in [0.1, 0.15) is 0 Å². The molecule has 358 valence electrons. The molecule has 2 aromatic heterocycles. The van der Waals surface area contributed by atoms with E-state index in [4.69, 9.17) is 15.7 Å². The van der Waals surface area contributed by atoms with Crippen LogP contribution in [0.2, 0.25) is 0 Å². The first-order valence-electron chi connectivity index (χ1n) is 23.4.